The maximum Gasteiger partial charge on any atom is 0.419 e. The van der Waals surface area contributed by atoms with E-state index in [1.807, 2.05) is 48.8 Å². The molecule has 9 heteroatoms. The summed E-state index contributed by atoms with van der Waals surface area (Å²) in [6, 6.07) is 22.2. The second kappa shape index (κ2) is 10.1. The van der Waals surface area contributed by atoms with E-state index < -0.39 is 17.6 Å². The van der Waals surface area contributed by atoms with Gasteiger partial charge in [0.1, 0.15) is 11.6 Å². The first-order valence-corrected chi connectivity index (χ1v) is 13.6. The summed E-state index contributed by atoms with van der Waals surface area (Å²) >= 11 is 0. The average molecular weight is 601 g/mol. The first kappa shape index (κ1) is 27.9. The Morgan fingerprint density at radius 1 is 0.511 bits per heavy atom. The molecule has 0 atom stereocenters. The number of fused-ring (bicyclic) bond motifs is 6. The van der Waals surface area contributed by atoms with E-state index >= 15 is 0 Å². The van der Waals surface area contributed by atoms with Crippen molar-refractivity contribution < 1.29 is 22.0 Å². The van der Waals surface area contributed by atoms with E-state index in [1.54, 1.807) is 31.2 Å². The molecule has 45 heavy (non-hydrogen) atoms. The second-order valence-electron chi connectivity index (χ2n) is 10.7. The lowest BCUT2D eigenvalue weighted by molar-refractivity contribution is -0.139. The van der Waals surface area contributed by atoms with Gasteiger partial charge in [0.2, 0.25) is 12.4 Å². The summed E-state index contributed by atoms with van der Waals surface area (Å²) in [5.74, 6) is -1.71. The van der Waals surface area contributed by atoms with Crippen LogP contribution >= 0.6 is 0 Å². The zero-order valence-electron chi connectivity index (χ0n) is 23.3. The number of nitrogens with zero attached hydrogens (tertiary/aromatic N) is 4. The van der Waals surface area contributed by atoms with Crippen LogP contribution in [0, 0.1) is 41.5 Å². The molecule has 0 N–H and O–H groups in total. The number of rotatable bonds is 2. The van der Waals surface area contributed by atoms with Gasteiger partial charge in [-0.25, -0.2) is 8.78 Å². The third-order valence-corrected chi connectivity index (χ3v) is 8.23. The molecule has 0 aliphatic rings. The quantitative estimate of drug-likeness (QED) is 0.147. The van der Waals surface area contributed by atoms with Crippen LogP contribution in [-0.4, -0.2) is 0 Å². The van der Waals surface area contributed by atoms with Gasteiger partial charge in [0, 0.05) is 21.5 Å². The molecule has 0 spiro atoms. The zero-order valence-corrected chi connectivity index (χ0v) is 23.3. The van der Waals surface area contributed by atoms with E-state index in [0.29, 0.717) is 55.0 Å². The van der Waals surface area contributed by atoms with Gasteiger partial charge < -0.3 is 0 Å². The number of halogens is 5. The van der Waals surface area contributed by atoms with E-state index in [2.05, 4.69) is 9.98 Å². The SMILES string of the molecule is Cc1ccc(-c2ccc3c(c2)c(=NC#N)c2cc4c(=NC#N)c5cc(-c6ccc(C(F)(F)F)c(F)c6)ccc5c4cc23)cc1F. The first-order chi connectivity index (χ1) is 21.6. The van der Waals surface area contributed by atoms with Gasteiger partial charge in [-0.2, -0.15) is 33.7 Å². The van der Waals surface area contributed by atoms with Crippen LogP contribution in [0.25, 0.3) is 65.3 Å². The third-order valence-electron chi connectivity index (χ3n) is 8.23. The fraction of sp³-hybridized carbons (Fsp3) is 0.0556. The van der Waals surface area contributed by atoms with Crippen molar-refractivity contribution in [3.05, 3.63) is 118 Å². The molecule has 0 unspecified atom stereocenters. The highest BCUT2D eigenvalue weighted by Crippen LogP contribution is 2.37. The van der Waals surface area contributed by atoms with E-state index in [9.17, 15) is 32.5 Å². The number of hydrogen-bond acceptors (Lipinski definition) is 4. The maximum absolute atomic E-state index is 14.4. The molecular formula is C36H17F5N4. The summed E-state index contributed by atoms with van der Waals surface area (Å²) in [6.45, 7) is 1.69. The highest BCUT2D eigenvalue weighted by Gasteiger charge is 2.34. The van der Waals surface area contributed by atoms with E-state index in [-0.39, 0.29) is 11.4 Å². The topological polar surface area (TPSA) is 72.3 Å². The van der Waals surface area contributed by atoms with E-state index in [0.717, 1.165) is 33.2 Å². The Kier molecular flexibility index (Phi) is 6.24. The van der Waals surface area contributed by atoms with Crippen LogP contribution in [0.15, 0.2) is 94.9 Å². The smallest absolute Gasteiger partial charge is 0.207 e. The van der Waals surface area contributed by atoms with E-state index in [4.69, 9.17) is 0 Å². The van der Waals surface area contributed by atoms with Gasteiger partial charge in [-0.05, 0) is 98.8 Å². The molecule has 0 aromatic heterocycles. The summed E-state index contributed by atoms with van der Waals surface area (Å²) in [4.78, 5) is 8.21. The summed E-state index contributed by atoms with van der Waals surface area (Å²) in [5, 5.41) is 25.6. The molecule has 0 saturated carbocycles. The van der Waals surface area contributed by atoms with Gasteiger partial charge in [-0.15, -0.1) is 0 Å². The highest BCUT2D eigenvalue weighted by atomic mass is 19.4. The van der Waals surface area contributed by atoms with Gasteiger partial charge in [0.05, 0.1) is 16.3 Å². The number of aryl methyl sites for hydroxylation is 1. The Hall–Kier alpha value is -5.93. The summed E-state index contributed by atoms with van der Waals surface area (Å²) in [6.07, 6.45) is -1.11. The molecule has 0 amide bonds. The maximum atomic E-state index is 14.4. The van der Waals surface area contributed by atoms with Crippen molar-refractivity contribution in [2.75, 3.05) is 0 Å². The summed E-state index contributed by atoms with van der Waals surface area (Å²) in [7, 11) is 0. The van der Waals surface area contributed by atoms with Crippen molar-refractivity contribution in [3.63, 3.8) is 0 Å². The van der Waals surface area contributed by atoms with Crippen LogP contribution in [0.4, 0.5) is 22.0 Å². The molecule has 4 nitrogen and oxygen atoms in total. The van der Waals surface area contributed by atoms with Crippen molar-refractivity contribution >= 4 is 43.1 Å². The number of benzene rings is 5. The van der Waals surface area contributed by atoms with Crippen LogP contribution in [-0.2, 0) is 6.18 Å². The molecule has 0 radical (unpaired) electrons. The average Bonchev–Trinajstić information content (AvgIpc) is 3.48. The normalized spacial score (nSPS) is 12.9. The Balaban J connectivity index is 1.48. The number of alkyl halides is 3. The largest absolute Gasteiger partial charge is 0.419 e. The van der Waals surface area contributed by atoms with Crippen LogP contribution in [0.1, 0.15) is 11.1 Å². The van der Waals surface area contributed by atoms with Crippen LogP contribution in [0.2, 0.25) is 0 Å². The second-order valence-corrected chi connectivity index (χ2v) is 10.7. The molecule has 216 valence electrons. The molecule has 7 rings (SSSR count). The molecule has 0 aliphatic heterocycles. The first-order valence-electron chi connectivity index (χ1n) is 13.6. The molecule has 0 aliphatic carbocycles. The zero-order chi connectivity index (χ0) is 31.6. The van der Waals surface area contributed by atoms with Gasteiger partial charge >= 0.3 is 6.18 Å². The lowest BCUT2D eigenvalue weighted by Gasteiger charge is -2.09. The fourth-order valence-electron chi connectivity index (χ4n) is 6.07. The minimum atomic E-state index is -4.82. The summed E-state index contributed by atoms with van der Waals surface area (Å²) < 4.78 is 68.1. The van der Waals surface area contributed by atoms with Crippen LogP contribution in [0.5, 0.6) is 0 Å². The molecule has 0 heterocycles. The number of hydrogen-bond donors (Lipinski definition) is 0. The highest BCUT2D eigenvalue weighted by molar-refractivity contribution is 6.21. The monoisotopic (exact) mass is 600 g/mol. The lowest BCUT2D eigenvalue weighted by atomic mass is 10.0. The molecule has 7 aromatic rings. The van der Waals surface area contributed by atoms with Crippen molar-refractivity contribution in [1.29, 1.82) is 10.5 Å². The van der Waals surface area contributed by atoms with Crippen molar-refractivity contribution in [2.24, 2.45) is 9.98 Å². The molecule has 0 saturated heterocycles. The van der Waals surface area contributed by atoms with Gasteiger partial charge in [0.25, 0.3) is 0 Å². The minimum Gasteiger partial charge on any atom is -0.207 e. The fourth-order valence-corrected chi connectivity index (χ4v) is 6.07. The van der Waals surface area contributed by atoms with E-state index in [1.165, 1.54) is 12.1 Å². The van der Waals surface area contributed by atoms with Crippen LogP contribution < -0.4 is 10.7 Å². The van der Waals surface area contributed by atoms with Gasteiger partial charge in [0.15, 0.2) is 0 Å². The molecule has 0 fully saturated rings. The molecular weight excluding hydrogens is 583 g/mol. The standard InChI is InChI=1S/C36H17F5N4/c1-18-2-3-21(12-32(18)37)19-4-7-23-25-14-26-24-8-5-20(22-6-9-31(33(38)13-22)36(39,40)41)11-28(24)35(45-17-43)30(26)15-29(25)34(44-16-42)27(23)10-19/h2-15H,1H3. The summed E-state index contributed by atoms with van der Waals surface area (Å²) in [5.41, 5.74) is 1.29. The Morgan fingerprint density at radius 2 is 0.933 bits per heavy atom. The van der Waals surface area contributed by atoms with Crippen molar-refractivity contribution in [1.82, 2.24) is 0 Å². The van der Waals surface area contributed by atoms with Crippen molar-refractivity contribution in [2.45, 2.75) is 13.1 Å². The lowest BCUT2D eigenvalue weighted by Crippen LogP contribution is -2.07. The Bertz CT molecular complexity index is 2590. The Labute approximate surface area is 251 Å². The van der Waals surface area contributed by atoms with Crippen LogP contribution in [0.3, 0.4) is 0 Å². The molecule has 0 bridgehead atoms. The third kappa shape index (κ3) is 4.40. The predicted molar refractivity (Wildman–Crippen MR) is 162 cm³/mol. The van der Waals surface area contributed by atoms with Gasteiger partial charge in [-0.1, -0.05) is 42.5 Å². The molecule has 7 aromatic carbocycles. The predicted octanol–water partition coefficient (Wildman–Crippen LogP) is 8.88. The van der Waals surface area contributed by atoms with Crippen molar-refractivity contribution in [3.8, 4) is 34.6 Å². The minimum absolute atomic E-state index is 0.236. The number of nitriles is 2. The van der Waals surface area contributed by atoms with Gasteiger partial charge in [-0.3, -0.25) is 0 Å². The Morgan fingerprint density at radius 3 is 1.40 bits per heavy atom.